The van der Waals surface area contributed by atoms with E-state index in [0.29, 0.717) is 23.9 Å². The van der Waals surface area contributed by atoms with Crippen molar-refractivity contribution in [3.05, 3.63) is 23.0 Å². The van der Waals surface area contributed by atoms with Gasteiger partial charge in [0.05, 0.1) is 0 Å². The van der Waals surface area contributed by atoms with Gasteiger partial charge in [-0.15, -0.1) is 0 Å². The minimum atomic E-state index is -0.999. The summed E-state index contributed by atoms with van der Waals surface area (Å²) in [4.78, 5) is 52.2. The fourth-order valence-electron chi connectivity index (χ4n) is 3.84. The highest BCUT2D eigenvalue weighted by Crippen LogP contribution is 2.34. The zero-order valence-corrected chi connectivity index (χ0v) is 17.8. The maximum atomic E-state index is 12.9. The van der Waals surface area contributed by atoms with Crippen molar-refractivity contribution in [3.8, 4) is 0 Å². The lowest BCUT2D eigenvalue weighted by molar-refractivity contribution is -0.130. The van der Waals surface area contributed by atoms with Crippen LogP contribution in [0, 0.1) is 11.8 Å². The van der Waals surface area contributed by atoms with Crippen LogP contribution in [0.25, 0.3) is 0 Å². The molecule has 10 heteroatoms. The van der Waals surface area contributed by atoms with Gasteiger partial charge in [0.15, 0.2) is 0 Å². The zero-order chi connectivity index (χ0) is 22.1. The van der Waals surface area contributed by atoms with Gasteiger partial charge in [0.25, 0.3) is 5.91 Å². The van der Waals surface area contributed by atoms with Crippen LogP contribution in [0.4, 0.5) is 0 Å². The van der Waals surface area contributed by atoms with E-state index in [9.17, 15) is 19.2 Å². The van der Waals surface area contributed by atoms with Gasteiger partial charge in [0.1, 0.15) is 22.9 Å². The summed E-state index contributed by atoms with van der Waals surface area (Å²) in [5.41, 5.74) is 5.37. The number of carbonyl (C=O) groups excluding carboxylic acids is 4. The lowest BCUT2D eigenvalue weighted by Crippen LogP contribution is -2.53. The van der Waals surface area contributed by atoms with E-state index in [1.165, 1.54) is 6.07 Å². The van der Waals surface area contributed by atoms with E-state index >= 15 is 0 Å². The molecule has 0 radical (unpaired) electrons. The van der Waals surface area contributed by atoms with Crippen LogP contribution in [0.15, 0.2) is 12.1 Å². The molecule has 2 fully saturated rings. The molecule has 1 aromatic heterocycles. The fraction of sp³-hybridized carbons (Fsp3) is 0.600. The fourth-order valence-corrected chi connectivity index (χ4v) is 4.01. The number of nitrogens with one attached hydrogen (secondary N) is 4. The van der Waals surface area contributed by atoms with Crippen LogP contribution in [0.3, 0.4) is 0 Å². The minimum Gasteiger partial charge on any atom is -0.368 e. The summed E-state index contributed by atoms with van der Waals surface area (Å²) in [5.74, 6) is -1.90. The molecule has 1 saturated carbocycles. The quantitative estimate of drug-likeness (QED) is 0.389. The first-order valence-corrected chi connectivity index (χ1v) is 10.5. The summed E-state index contributed by atoms with van der Waals surface area (Å²) in [5, 5.41) is 8.53. The van der Waals surface area contributed by atoms with Gasteiger partial charge >= 0.3 is 0 Å². The van der Waals surface area contributed by atoms with Crippen molar-refractivity contribution in [3.63, 3.8) is 0 Å². The van der Waals surface area contributed by atoms with Gasteiger partial charge in [-0.1, -0.05) is 24.4 Å². The van der Waals surface area contributed by atoms with Gasteiger partial charge in [-0.25, -0.2) is 0 Å². The second-order valence-corrected chi connectivity index (χ2v) is 9.31. The second kappa shape index (κ2) is 8.67. The van der Waals surface area contributed by atoms with E-state index in [1.54, 1.807) is 6.07 Å². The number of halogens is 1. The Morgan fingerprint density at radius 3 is 2.40 bits per heavy atom. The molecular formula is C20H28ClN5O4. The summed E-state index contributed by atoms with van der Waals surface area (Å²) in [7, 11) is 0. The number of hydrogen-bond donors (Lipinski definition) is 5. The molecule has 0 bridgehead atoms. The normalized spacial score (nSPS) is 22.1. The smallest absolute Gasteiger partial charge is 0.268 e. The summed E-state index contributed by atoms with van der Waals surface area (Å²) >= 11 is 5.82. The molecule has 30 heavy (non-hydrogen) atoms. The molecular weight excluding hydrogens is 410 g/mol. The third kappa shape index (κ3) is 5.75. The van der Waals surface area contributed by atoms with E-state index in [4.69, 9.17) is 17.3 Å². The van der Waals surface area contributed by atoms with Gasteiger partial charge in [0.2, 0.25) is 17.7 Å². The third-order valence-electron chi connectivity index (χ3n) is 5.55. The molecule has 1 saturated heterocycles. The first-order valence-electron chi connectivity index (χ1n) is 10.1. The highest BCUT2D eigenvalue weighted by Gasteiger charge is 2.40. The number of amides is 4. The summed E-state index contributed by atoms with van der Waals surface area (Å²) in [6.07, 6.45) is 3.11. The zero-order valence-electron chi connectivity index (χ0n) is 17.1. The average molecular weight is 438 g/mol. The lowest BCUT2D eigenvalue weighted by atomic mass is 9.91. The summed E-state index contributed by atoms with van der Waals surface area (Å²) < 4.78 is 0. The van der Waals surface area contributed by atoms with Crippen LogP contribution in [-0.4, -0.2) is 46.2 Å². The molecule has 4 amide bonds. The van der Waals surface area contributed by atoms with Crippen LogP contribution in [0.1, 0.15) is 56.4 Å². The molecule has 1 aliphatic carbocycles. The number of H-pyrrole nitrogens is 1. The van der Waals surface area contributed by atoms with E-state index in [0.717, 1.165) is 12.8 Å². The Hall–Kier alpha value is -2.55. The molecule has 3 unspecified atom stereocenters. The van der Waals surface area contributed by atoms with Crippen molar-refractivity contribution in [1.82, 2.24) is 20.9 Å². The van der Waals surface area contributed by atoms with E-state index in [1.807, 2.05) is 13.8 Å². The number of carbonyl (C=O) groups is 4. The number of aromatic amines is 1. The van der Waals surface area contributed by atoms with Crippen LogP contribution in [0.2, 0.25) is 5.15 Å². The van der Waals surface area contributed by atoms with E-state index in [2.05, 4.69) is 20.9 Å². The number of hydrogen-bond acceptors (Lipinski definition) is 4. The van der Waals surface area contributed by atoms with Crippen molar-refractivity contribution in [2.45, 2.75) is 63.6 Å². The molecule has 1 aliphatic heterocycles. The Balaban J connectivity index is 1.65. The van der Waals surface area contributed by atoms with Crippen molar-refractivity contribution >= 4 is 35.2 Å². The Bertz CT molecular complexity index is 848. The first-order chi connectivity index (χ1) is 14.0. The average Bonchev–Trinajstić information content (AvgIpc) is 3.28. The molecule has 2 heterocycles. The Morgan fingerprint density at radius 2 is 1.90 bits per heavy atom. The first kappa shape index (κ1) is 22.1. The topological polar surface area (TPSA) is 146 Å². The standard InChI is InChI=1S/C20H28ClN5O4/c1-20(2)9-11(17(28)26-20)8-13(16(22)27)24-19(30)14(7-10-3-4-10)25-18(29)12-5-6-15(21)23-12/h5-6,10-11,13-14,23H,3-4,7-9H2,1-2H3,(H2,22,27)(H,24,30)(H,25,29)(H,26,28). The summed E-state index contributed by atoms with van der Waals surface area (Å²) in [6, 6.07) is 1.25. The molecule has 9 nitrogen and oxygen atoms in total. The predicted octanol–water partition coefficient (Wildman–Crippen LogP) is 0.842. The van der Waals surface area contributed by atoms with Crippen molar-refractivity contribution in [2.24, 2.45) is 17.6 Å². The minimum absolute atomic E-state index is 0.118. The van der Waals surface area contributed by atoms with Crippen molar-refractivity contribution in [2.75, 3.05) is 0 Å². The third-order valence-corrected chi connectivity index (χ3v) is 5.77. The second-order valence-electron chi connectivity index (χ2n) is 8.90. The highest BCUT2D eigenvalue weighted by atomic mass is 35.5. The van der Waals surface area contributed by atoms with Crippen LogP contribution < -0.4 is 21.7 Å². The number of nitrogens with two attached hydrogens (primary N) is 1. The van der Waals surface area contributed by atoms with Crippen LogP contribution >= 0.6 is 11.6 Å². The van der Waals surface area contributed by atoms with Gasteiger partial charge in [-0.05, 0) is 51.2 Å². The maximum absolute atomic E-state index is 12.9. The number of primary amides is 1. The van der Waals surface area contributed by atoms with Crippen molar-refractivity contribution < 1.29 is 19.2 Å². The largest absolute Gasteiger partial charge is 0.368 e. The molecule has 164 valence electrons. The predicted molar refractivity (Wildman–Crippen MR) is 110 cm³/mol. The molecule has 0 spiro atoms. The van der Waals surface area contributed by atoms with Gasteiger partial charge in [-0.3, -0.25) is 19.2 Å². The molecule has 2 aliphatic rings. The molecule has 1 aromatic rings. The van der Waals surface area contributed by atoms with Gasteiger partial charge in [0, 0.05) is 11.5 Å². The molecule has 0 aromatic carbocycles. The highest BCUT2D eigenvalue weighted by molar-refractivity contribution is 6.29. The Labute approximate surface area is 179 Å². The monoisotopic (exact) mass is 437 g/mol. The van der Waals surface area contributed by atoms with Gasteiger partial charge < -0.3 is 26.7 Å². The van der Waals surface area contributed by atoms with Gasteiger partial charge in [-0.2, -0.15) is 0 Å². The maximum Gasteiger partial charge on any atom is 0.268 e. The lowest BCUT2D eigenvalue weighted by Gasteiger charge is -2.23. The van der Waals surface area contributed by atoms with Crippen LogP contribution in [-0.2, 0) is 14.4 Å². The Kier molecular flexibility index (Phi) is 6.40. The molecule has 3 rings (SSSR count). The Morgan fingerprint density at radius 1 is 1.20 bits per heavy atom. The summed E-state index contributed by atoms with van der Waals surface area (Å²) in [6.45, 7) is 3.80. The van der Waals surface area contributed by atoms with E-state index in [-0.39, 0.29) is 23.6 Å². The van der Waals surface area contributed by atoms with Crippen LogP contribution in [0.5, 0.6) is 0 Å². The molecule has 3 atom stereocenters. The van der Waals surface area contributed by atoms with Crippen molar-refractivity contribution in [1.29, 1.82) is 0 Å². The van der Waals surface area contributed by atoms with E-state index < -0.39 is 35.7 Å². The number of rotatable bonds is 9. The SMILES string of the molecule is CC1(C)CC(CC(NC(=O)C(CC2CC2)NC(=O)c2ccc(Cl)[nH]2)C(N)=O)C(=O)N1. The number of aromatic nitrogens is 1. The molecule has 6 N–H and O–H groups in total.